The predicted molar refractivity (Wildman–Crippen MR) is 142 cm³/mol. The average molecular weight is 513 g/mol. The molecule has 0 bridgehead atoms. The van der Waals surface area contributed by atoms with Crippen LogP contribution in [0.4, 0.5) is 0 Å². The van der Waals surface area contributed by atoms with E-state index < -0.39 is 21.0 Å². The minimum atomic E-state index is -3.55. The van der Waals surface area contributed by atoms with Crippen LogP contribution in [0.25, 0.3) is 0 Å². The Morgan fingerprint density at radius 2 is 1.31 bits per heavy atom. The Morgan fingerprint density at radius 3 is 1.72 bits per heavy atom. The van der Waals surface area contributed by atoms with Crippen molar-refractivity contribution in [2.75, 3.05) is 20.0 Å². The van der Waals surface area contributed by atoms with E-state index in [9.17, 15) is 13.5 Å². The number of hydrogen-bond donors (Lipinski definition) is 1. The van der Waals surface area contributed by atoms with Gasteiger partial charge >= 0.3 is 0 Å². The van der Waals surface area contributed by atoms with Crippen LogP contribution >= 0.6 is 0 Å². The van der Waals surface area contributed by atoms with Crippen LogP contribution in [0.1, 0.15) is 49.9 Å². The van der Waals surface area contributed by atoms with Crippen molar-refractivity contribution in [2.45, 2.75) is 50.8 Å². The summed E-state index contributed by atoms with van der Waals surface area (Å²) in [7, 11) is -0.311. The third-order valence-corrected chi connectivity index (χ3v) is 7.62. The maximum atomic E-state index is 12.8. The van der Waals surface area contributed by atoms with E-state index in [4.69, 9.17) is 14.2 Å². The van der Waals surface area contributed by atoms with Crippen molar-refractivity contribution in [3.63, 3.8) is 0 Å². The number of rotatable bonds is 11. The molecule has 3 rings (SSSR count). The quantitative estimate of drug-likeness (QED) is 0.360. The molecular formula is C29H36O6S. The zero-order valence-corrected chi connectivity index (χ0v) is 22.6. The zero-order chi connectivity index (χ0) is 26.6. The van der Waals surface area contributed by atoms with Gasteiger partial charge in [0, 0.05) is 0 Å². The molecule has 0 aliphatic carbocycles. The Bertz CT molecular complexity index is 1190. The van der Waals surface area contributed by atoms with Crippen LogP contribution in [0.3, 0.4) is 0 Å². The van der Waals surface area contributed by atoms with Crippen LogP contribution in [0.2, 0.25) is 0 Å². The standard InChI is InChI=1S/C29H36O6S/c1-21(2)35-29(23-10-14-26(33-5)15-11-23,24-12-16-27(34-6)17-13-24)25-9-7-8-22(18-25)19-36(31,32)20-28(3,4)30/h7-18,21,30H,19-20H2,1-6H3. The Balaban J connectivity index is 2.22. The third-order valence-electron chi connectivity index (χ3n) is 5.70. The van der Waals surface area contributed by atoms with Gasteiger partial charge in [-0.15, -0.1) is 0 Å². The van der Waals surface area contributed by atoms with Gasteiger partial charge in [-0.3, -0.25) is 0 Å². The molecule has 36 heavy (non-hydrogen) atoms. The molecule has 194 valence electrons. The van der Waals surface area contributed by atoms with Crippen molar-refractivity contribution in [1.82, 2.24) is 0 Å². The van der Waals surface area contributed by atoms with Crippen molar-refractivity contribution < 1.29 is 27.7 Å². The van der Waals surface area contributed by atoms with Gasteiger partial charge in [0.05, 0.1) is 37.4 Å². The molecule has 0 unspecified atom stereocenters. The van der Waals surface area contributed by atoms with Gasteiger partial charge < -0.3 is 19.3 Å². The molecule has 0 aliphatic heterocycles. The van der Waals surface area contributed by atoms with Gasteiger partial charge in [-0.25, -0.2) is 8.42 Å². The Kier molecular flexibility index (Phi) is 8.49. The van der Waals surface area contributed by atoms with E-state index in [-0.39, 0.29) is 17.6 Å². The number of aliphatic hydroxyl groups is 1. The van der Waals surface area contributed by atoms with Crippen LogP contribution in [-0.4, -0.2) is 45.2 Å². The molecule has 0 aromatic heterocycles. The fourth-order valence-corrected chi connectivity index (χ4v) is 6.30. The van der Waals surface area contributed by atoms with E-state index in [2.05, 4.69) is 0 Å². The van der Waals surface area contributed by atoms with Gasteiger partial charge in [-0.1, -0.05) is 48.5 Å². The van der Waals surface area contributed by atoms with Gasteiger partial charge in [-0.2, -0.15) is 0 Å². The lowest BCUT2D eigenvalue weighted by atomic mass is 9.79. The zero-order valence-electron chi connectivity index (χ0n) is 21.8. The lowest BCUT2D eigenvalue weighted by Gasteiger charge is -2.38. The second kappa shape index (κ2) is 11.0. The smallest absolute Gasteiger partial charge is 0.157 e. The van der Waals surface area contributed by atoms with Crippen LogP contribution in [0.15, 0.2) is 72.8 Å². The summed E-state index contributed by atoms with van der Waals surface area (Å²) in [6.45, 7) is 6.94. The summed E-state index contributed by atoms with van der Waals surface area (Å²) in [6, 6.07) is 22.8. The van der Waals surface area contributed by atoms with E-state index in [1.54, 1.807) is 20.3 Å². The van der Waals surface area contributed by atoms with E-state index in [1.165, 1.54) is 13.8 Å². The Hall–Kier alpha value is -2.87. The molecule has 0 atom stereocenters. The van der Waals surface area contributed by atoms with Gasteiger partial charge in [-0.05, 0) is 74.2 Å². The average Bonchev–Trinajstić information content (AvgIpc) is 2.81. The van der Waals surface area contributed by atoms with Crippen molar-refractivity contribution in [3.05, 3.63) is 95.1 Å². The van der Waals surface area contributed by atoms with Crippen LogP contribution in [0.5, 0.6) is 11.5 Å². The molecule has 0 heterocycles. The minimum absolute atomic E-state index is 0.156. The van der Waals surface area contributed by atoms with Gasteiger partial charge in [0.15, 0.2) is 9.84 Å². The first-order valence-electron chi connectivity index (χ1n) is 11.9. The van der Waals surface area contributed by atoms with Crippen molar-refractivity contribution >= 4 is 9.84 Å². The molecular weight excluding hydrogens is 476 g/mol. The molecule has 0 saturated heterocycles. The molecule has 0 saturated carbocycles. The maximum absolute atomic E-state index is 12.8. The summed E-state index contributed by atoms with van der Waals surface area (Å²) < 4.78 is 43.1. The van der Waals surface area contributed by atoms with E-state index in [0.717, 1.165) is 28.2 Å². The third kappa shape index (κ3) is 6.66. The second-order valence-corrected chi connectivity index (χ2v) is 11.9. The predicted octanol–water partition coefficient (Wildman–Crippen LogP) is 5.11. The molecule has 6 nitrogen and oxygen atoms in total. The summed E-state index contributed by atoms with van der Waals surface area (Å²) in [5.74, 6) is 0.930. The first-order chi connectivity index (χ1) is 16.9. The highest BCUT2D eigenvalue weighted by Gasteiger charge is 2.39. The maximum Gasteiger partial charge on any atom is 0.157 e. The minimum Gasteiger partial charge on any atom is -0.497 e. The molecule has 0 aliphatic rings. The van der Waals surface area contributed by atoms with E-state index >= 15 is 0 Å². The highest BCUT2D eigenvalue weighted by atomic mass is 32.2. The normalized spacial score (nSPS) is 12.6. The summed E-state index contributed by atoms with van der Waals surface area (Å²) in [5.41, 5.74) is 0.825. The first-order valence-corrected chi connectivity index (χ1v) is 13.7. The van der Waals surface area contributed by atoms with E-state index in [0.29, 0.717) is 5.56 Å². The summed E-state index contributed by atoms with van der Waals surface area (Å²) in [5, 5.41) is 10.1. The first kappa shape index (κ1) is 27.7. The molecule has 0 radical (unpaired) electrons. The lowest BCUT2D eigenvalue weighted by molar-refractivity contribution is -0.0294. The SMILES string of the molecule is COc1ccc(C(OC(C)C)(c2ccc(OC)cc2)c2cccc(CS(=O)(=O)CC(C)(C)O)c2)cc1. The van der Waals surface area contributed by atoms with Crippen molar-refractivity contribution in [2.24, 2.45) is 0 Å². The molecule has 1 N–H and O–H groups in total. The Labute approximate surface area is 214 Å². The van der Waals surface area contributed by atoms with Crippen LogP contribution < -0.4 is 9.47 Å². The number of sulfone groups is 1. The number of hydrogen-bond acceptors (Lipinski definition) is 6. The molecule has 0 amide bonds. The molecule has 3 aromatic rings. The number of ether oxygens (including phenoxy) is 3. The largest absolute Gasteiger partial charge is 0.497 e. The van der Waals surface area contributed by atoms with Crippen molar-refractivity contribution in [1.29, 1.82) is 0 Å². The molecule has 0 fully saturated rings. The highest BCUT2D eigenvalue weighted by molar-refractivity contribution is 7.90. The fourth-order valence-electron chi connectivity index (χ4n) is 4.43. The number of benzene rings is 3. The molecule has 7 heteroatoms. The molecule has 3 aromatic carbocycles. The van der Waals surface area contributed by atoms with Gasteiger partial charge in [0.1, 0.15) is 17.1 Å². The van der Waals surface area contributed by atoms with Gasteiger partial charge in [0.2, 0.25) is 0 Å². The van der Waals surface area contributed by atoms with Crippen LogP contribution in [-0.2, 0) is 25.9 Å². The topological polar surface area (TPSA) is 82.1 Å². The fraction of sp³-hybridized carbons (Fsp3) is 0.379. The molecule has 0 spiro atoms. The number of methoxy groups -OCH3 is 2. The summed E-state index contributed by atoms with van der Waals surface area (Å²) in [4.78, 5) is 0. The monoisotopic (exact) mass is 512 g/mol. The highest BCUT2D eigenvalue weighted by Crippen LogP contribution is 2.43. The lowest BCUT2D eigenvalue weighted by Crippen LogP contribution is -2.35. The van der Waals surface area contributed by atoms with Crippen LogP contribution in [0, 0.1) is 0 Å². The second-order valence-electron chi connectivity index (χ2n) is 9.85. The summed E-state index contributed by atoms with van der Waals surface area (Å²) in [6.07, 6.45) is -0.156. The summed E-state index contributed by atoms with van der Waals surface area (Å²) >= 11 is 0. The van der Waals surface area contributed by atoms with E-state index in [1.807, 2.05) is 80.6 Å². The van der Waals surface area contributed by atoms with Crippen molar-refractivity contribution in [3.8, 4) is 11.5 Å². The van der Waals surface area contributed by atoms with Gasteiger partial charge in [0.25, 0.3) is 0 Å². The Morgan fingerprint density at radius 1 is 0.806 bits per heavy atom.